The Morgan fingerprint density at radius 3 is 2.31 bits per heavy atom. The van der Waals surface area contributed by atoms with Crippen molar-refractivity contribution in [2.75, 3.05) is 20.6 Å². The second-order valence-electron chi connectivity index (χ2n) is 5.12. The van der Waals surface area contributed by atoms with Gasteiger partial charge in [-0.1, -0.05) is 50.6 Å². The number of nitrogens with zero attached hydrogens (tertiary/aromatic N) is 1. The molecule has 1 aromatic rings. The summed E-state index contributed by atoms with van der Waals surface area (Å²) in [5.74, 6) is 0. The molecule has 0 heterocycles. The first-order chi connectivity index (χ1) is 7.56. The Morgan fingerprint density at radius 2 is 1.81 bits per heavy atom. The third-order valence-electron chi connectivity index (χ3n) is 3.25. The largest absolute Gasteiger partial charge is 0.309 e. The molecule has 89 valence electrons. The average molecular weight is 218 g/mol. The highest BCUT2D eigenvalue weighted by molar-refractivity contribution is 5.25. The average Bonchev–Trinajstić information content (AvgIpc) is 2.28. The van der Waals surface area contributed by atoms with Gasteiger partial charge in [0.2, 0.25) is 0 Å². The summed E-state index contributed by atoms with van der Waals surface area (Å²) < 4.78 is 0. The highest BCUT2D eigenvalue weighted by Gasteiger charge is 2.22. The van der Waals surface area contributed by atoms with Crippen LogP contribution in [0.5, 0.6) is 0 Å². The summed E-state index contributed by atoms with van der Waals surface area (Å²) in [7, 11) is 4.27. The molecule has 0 aliphatic rings. The van der Waals surface area contributed by atoms with Crippen molar-refractivity contribution >= 4 is 0 Å². The van der Waals surface area contributed by atoms with Crippen LogP contribution in [0.1, 0.15) is 32.3 Å². The Bertz CT molecular complexity index is 292. The van der Waals surface area contributed by atoms with Crippen LogP contribution in [0.2, 0.25) is 0 Å². The van der Waals surface area contributed by atoms with Crippen LogP contribution in [0.3, 0.4) is 0 Å². The Morgan fingerprint density at radius 1 is 1.19 bits per heavy atom. The van der Waals surface area contributed by atoms with Crippen molar-refractivity contribution < 1.29 is 0 Å². The van der Waals surface area contributed by atoms with Crippen molar-refractivity contribution in [2.45, 2.75) is 26.7 Å². The van der Waals surface area contributed by atoms with Gasteiger partial charge in [0, 0.05) is 0 Å². The zero-order chi connectivity index (χ0) is 12.0. The number of hydrogen-bond donors (Lipinski definition) is 0. The van der Waals surface area contributed by atoms with Crippen LogP contribution in [-0.4, -0.2) is 25.5 Å². The van der Waals surface area contributed by atoms with E-state index in [9.17, 15) is 0 Å². The van der Waals surface area contributed by atoms with E-state index in [-0.39, 0.29) is 0 Å². The minimum absolute atomic E-state index is 0.311. The smallest absolute Gasteiger partial charge is 0.00194 e. The van der Waals surface area contributed by atoms with E-state index in [1.54, 1.807) is 0 Å². The molecule has 1 radical (unpaired) electrons. The van der Waals surface area contributed by atoms with Crippen molar-refractivity contribution in [3.63, 3.8) is 0 Å². The quantitative estimate of drug-likeness (QED) is 0.705. The van der Waals surface area contributed by atoms with Crippen LogP contribution in [0.4, 0.5) is 0 Å². The fourth-order valence-electron chi connectivity index (χ4n) is 1.78. The van der Waals surface area contributed by atoms with E-state index in [0.717, 1.165) is 6.54 Å². The van der Waals surface area contributed by atoms with Crippen molar-refractivity contribution in [2.24, 2.45) is 5.41 Å². The van der Waals surface area contributed by atoms with Gasteiger partial charge in [0.05, 0.1) is 0 Å². The molecule has 0 aliphatic carbocycles. The molecule has 0 aromatic heterocycles. The molecular formula is C15H24N. The highest BCUT2D eigenvalue weighted by Crippen LogP contribution is 2.32. The lowest BCUT2D eigenvalue weighted by atomic mass is 9.78. The minimum Gasteiger partial charge on any atom is -0.309 e. The molecule has 0 amide bonds. The topological polar surface area (TPSA) is 3.24 Å². The van der Waals surface area contributed by atoms with Gasteiger partial charge in [-0.25, -0.2) is 0 Å². The summed E-state index contributed by atoms with van der Waals surface area (Å²) in [5.41, 5.74) is 1.65. The van der Waals surface area contributed by atoms with Gasteiger partial charge < -0.3 is 4.90 Å². The summed E-state index contributed by atoms with van der Waals surface area (Å²) in [6.45, 7) is 5.77. The van der Waals surface area contributed by atoms with E-state index in [1.165, 1.54) is 18.4 Å². The molecule has 1 atom stereocenters. The standard InChI is InChI=1S/C15H24N/c1-5-15(2,11-12-16(3)4)13-14-9-7-6-8-10-14/h6-10,13H,5,11-12H2,1-4H3. The first kappa shape index (κ1) is 13.2. The van der Waals surface area contributed by atoms with Gasteiger partial charge in [0.15, 0.2) is 0 Å². The molecule has 16 heavy (non-hydrogen) atoms. The van der Waals surface area contributed by atoms with E-state index < -0.39 is 0 Å². The SMILES string of the molecule is CCC(C)([CH]c1ccccc1)CCN(C)C. The Hall–Kier alpha value is -0.820. The van der Waals surface area contributed by atoms with Crippen molar-refractivity contribution in [1.29, 1.82) is 0 Å². The lowest BCUT2D eigenvalue weighted by molar-refractivity contribution is 0.284. The van der Waals surface area contributed by atoms with Crippen LogP contribution in [0.25, 0.3) is 0 Å². The van der Waals surface area contributed by atoms with Crippen molar-refractivity contribution in [1.82, 2.24) is 4.90 Å². The minimum atomic E-state index is 0.311. The Labute approximate surface area is 100 Å². The molecule has 0 saturated carbocycles. The van der Waals surface area contributed by atoms with Gasteiger partial charge in [-0.3, -0.25) is 0 Å². The normalized spacial score (nSPS) is 15.1. The molecule has 0 saturated heterocycles. The monoisotopic (exact) mass is 218 g/mol. The van der Waals surface area contributed by atoms with Gasteiger partial charge in [0.25, 0.3) is 0 Å². The number of benzene rings is 1. The molecule has 1 aromatic carbocycles. The van der Waals surface area contributed by atoms with Crippen LogP contribution < -0.4 is 0 Å². The predicted molar refractivity (Wildman–Crippen MR) is 71.4 cm³/mol. The van der Waals surface area contributed by atoms with Crippen LogP contribution >= 0.6 is 0 Å². The van der Waals surface area contributed by atoms with E-state index >= 15 is 0 Å². The van der Waals surface area contributed by atoms with Crippen LogP contribution in [0.15, 0.2) is 30.3 Å². The first-order valence-electron chi connectivity index (χ1n) is 6.11. The summed E-state index contributed by atoms with van der Waals surface area (Å²) in [6, 6.07) is 10.6. The molecule has 0 aliphatic heterocycles. The second kappa shape index (κ2) is 6.05. The third kappa shape index (κ3) is 4.36. The maximum atomic E-state index is 2.41. The molecule has 0 spiro atoms. The molecule has 0 fully saturated rings. The lowest BCUT2D eigenvalue weighted by Crippen LogP contribution is -2.24. The maximum Gasteiger partial charge on any atom is -0.00194 e. The fraction of sp³-hybridized carbons (Fsp3) is 0.533. The van der Waals surface area contributed by atoms with Crippen molar-refractivity contribution in [3.8, 4) is 0 Å². The van der Waals surface area contributed by atoms with E-state index in [1.807, 2.05) is 0 Å². The molecule has 1 heteroatoms. The number of rotatable bonds is 6. The molecule has 0 N–H and O–H groups in total. The molecular weight excluding hydrogens is 194 g/mol. The summed E-state index contributed by atoms with van der Waals surface area (Å²) in [5, 5.41) is 0. The highest BCUT2D eigenvalue weighted by atomic mass is 15.0. The lowest BCUT2D eigenvalue weighted by Gasteiger charge is -2.29. The van der Waals surface area contributed by atoms with Gasteiger partial charge >= 0.3 is 0 Å². The van der Waals surface area contributed by atoms with Crippen LogP contribution in [0, 0.1) is 11.8 Å². The van der Waals surface area contributed by atoms with Crippen LogP contribution in [-0.2, 0) is 0 Å². The van der Waals surface area contributed by atoms with Crippen molar-refractivity contribution in [3.05, 3.63) is 42.3 Å². The van der Waals surface area contributed by atoms with Gasteiger partial charge in [-0.2, -0.15) is 0 Å². The van der Waals surface area contributed by atoms with Gasteiger partial charge in [-0.15, -0.1) is 0 Å². The Kier molecular flexibility index (Phi) is 5.01. The molecule has 1 nitrogen and oxygen atoms in total. The molecule has 1 rings (SSSR count). The summed E-state index contributed by atoms with van der Waals surface area (Å²) in [6.07, 6.45) is 4.82. The maximum absolute atomic E-state index is 2.41. The second-order valence-corrected chi connectivity index (χ2v) is 5.12. The number of hydrogen-bond acceptors (Lipinski definition) is 1. The Balaban J connectivity index is 2.59. The molecule has 1 unspecified atom stereocenters. The predicted octanol–water partition coefficient (Wildman–Crippen LogP) is 3.61. The summed E-state index contributed by atoms with van der Waals surface area (Å²) >= 11 is 0. The van der Waals surface area contributed by atoms with E-state index in [0.29, 0.717) is 5.41 Å². The van der Waals surface area contributed by atoms with Gasteiger partial charge in [-0.05, 0) is 44.5 Å². The zero-order valence-electron chi connectivity index (χ0n) is 11.0. The van der Waals surface area contributed by atoms with E-state index in [2.05, 4.69) is 69.6 Å². The fourth-order valence-corrected chi connectivity index (χ4v) is 1.78. The van der Waals surface area contributed by atoms with E-state index in [4.69, 9.17) is 0 Å². The van der Waals surface area contributed by atoms with Gasteiger partial charge in [0.1, 0.15) is 0 Å². The molecule has 0 bridgehead atoms. The zero-order valence-corrected chi connectivity index (χ0v) is 11.0. The first-order valence-corrected chi connectivity index (χ1v) is 6.11. The summed E-state index contributed by atoms with van der Waals surface area (Å²) in [4.78, 5) is 2.26. The third-order valence-corrected chi connectivity index (χ3v) is 3.25.